The molecule has 0 saturated heterocycles. The highest BCUT2D eigenvalue weighted by atomic mass is 16.6. The molecule has 0 spiro atoms. The molecule has 0 aliphatic heterocycles. The first-order valence-corrected chi connectivity index (χ1v) is 10.7. The van der Waals surface area contributed by atoms with Gasteiger partial charge in [0.25, 0.3) is 0 Å². The molecule has 8 N–H and O–H groups in total. The Hall–Kier alpha value is -3.83. The van der Waals surface area contributed by atoms with E-state index in [2.05, 4.69) is 11.8 Å². The van der Waals surface area contributed by atoms with Crippen LogP contribution in [0.1, 0.15) is 25.5 Å². The number of ether oxygens (including phenoxy) is 1. The zero-order valence-electron chi connectivity index (χ0n) is 21.3. The van der Waals surface area contributed by atoms with E-state index in [9.17, 15) is 24.0 Å². The van der Waals surface area contributed by atoms with Crippen LogP contribution in [0.25, 0.3) is 0 Å². The Morgan fingerprint density at radius 2 is 1.13 bits per heavy atom. The summed E-state index contributed by atoms with van der Waals surface area (Å²) >= 11 is 0. The second-order valence-corrected chi connectivity index (χ2v) is 7.73. The molecule has 1 amide bonds. The third-order valence-electron chi connectivity index (χ3n) is 4.72. The SMILES string of the molecule is CCN(C)C(=O)Oc1cccc([C@H](C)N(C)C)c1.O=C(O)C(O)C(O)C(=O)O.O=C(O)C(O)C(O)C(=O)O. The van der Waals surface area contributed by atoms with Crippen molar-refractivity contribution < 1.29 is 69.6 Å². The molecule has 0 aliphatic rings. The van der Waals surface area contributed by atoms with Crippen molar-refractivity contribution in [1.29, 1.82) is 0 Å². The van der Waals surface area contributed by atoms with E-state index in [1.807, 2.05) is 39.2 Å². The molecule has 0 aromatic heterocycles. The lowest BCUT2D eigenvalue weighted by Crippen LogP contribution is -2.39. The summed E-state index contributed by atoms with van der Waals surface area (Å²) in [5.41, 5.74) is 1.13. The van der Waals surface area contributed by atoms with Crippen LogP contribution in [0.4, 0.5) is 4.79 Å². The summed E-state index contributed by atoms with van der Waals surface area (Å²) in [7, 11) is 5.76. The molecule has 0 fully saturated rings. The Morgan fingerprint density at radius 1 is 0.763 bits per heavy atom. The number of carboxylic acids is 4. The van der Waals surface area contributed by atoms with Gasteiger partial charge in [-0.3, -0.25) is 0 Å². The first-order chi connectivity index (χ1) is 17.4. The largest absolute Gasteiger partial charge is 0.479 e. The molecule has 38 heavy (non-hydrogen) atoms. The molecule has 0 aliphatic carbocycles. The Morgan fingerprint density at radius 3 is 1.42 bits per heavy atom. The highest BCUT2D eigenvalue weighted by Crippen LogP contribution is 2.22. The molecule has 1 rings (SSSR count). The Kier molecular flexibility index (Phi) is 16.8. The molecule has 16 nitrogen and oxygen atoms in total. The standard InChI is InChI=1S/C14H22N2O2.2C4H6O6/c1-6-16(5)14(17)18-13-9-7-8-12(10-13)11(2)15(3)4;2*5-1(3(7)8)2(6)4(9)10/h7-11H,6H2,1-5H3;2*1-2,5-6H,(H,7,8)(H,9,10)/t11-;;/m0../s1. The number of benzene rings is 1. The number of carboxylic acid groups (broad SMARTS) is 4. The summed E-state index contributed by atoms with van der Waals surface area (Å²) in [5.74, 6) is -6.49. The highest BCUT2D eigenvalue weighted by molar-refractivity contribution is 5.83. The van der Waals surface area contributed by atoms with E-state index in [-0.39, 0.29) is 12.1 Å². The first kappa shape index (κ1) is 36.3. The van der Waals surface area contributed by atoms with E-state index in [0.29, 0.717) is 12.3 Å². The summed E-state index contributed by atoms with van der Waals surface area (Å²) in [6.07, 6.45) is -9.39. The molecule has 1 aromatic carbocycles. The first-order valence-electron chi connectivity index (χ1n) is 10.7. The zero-order chi connectivity index (χ0) is 30.3. The van der Waals surface area contributed by atoms with Crippen LogP contribution in [-0.2, 0) is 19.2 Å². The van der Waals surface area contributed by atoms with Gasteiger partial charge in [-0.15, -0.1) is 0 Å². The Labute approximate surface area is 217 Å². The smallest absolute Gasteiger partial charge is 0.414 e. The highest BCUT2D eigenvalue weighted by Gasteiger charge is 2.30. The van der Waals surface area contributed by atoms with Crippen LogP contribution in [0.3, 0.4) is 0 Å². The van der Waals surface area contributed by atoms with Gasteiger partial charge in [0, 0.05) is 19.6 Å². The summed E-state index contributed by atoms with van der Waals surface area (Å²) in [5, 5.41) is 65.1. The Balaban J connectivity index is 0. The van der Waals surface area contributed by atoms with Gasteiger partial charge in [-0.2, -0.15) is 0 Å². The Bertz CT molecular complexity index is 866. The van der Waals surface area contributed by atoms with Crippen molar-refractivity contribution in [3.63, 3.8) is 0 Å². The van der Waals surface area contributed by atoms with E-state index < -0.39 is 48.3 Å². The number of hydrogen-bond acceptors (Lipinski definition) is 11. The summed E-state index contributed by atoms with van der Waals surface area (Å²) in [6.45, 7) is 4.65. The van der Waals surface area contributed by atoms with Gasteiger partial charge in [-0.25, -0.2) is 24.0 Å². The van der Waals surface area contributed by atoms with Crippen LogP contribution in [0.2, 0.25) is 0 Å². The maximum absolute atomic E-state index is 11.7. The topological polar surface area (TPSA) is 263 Å². The van der Waals surface area contributed by atoms with Crippen molar-refractivity contribution in [3.05, 3.63) is 29.8 Å². The second kappa shape index (κ2) is 17.6. The van der Waals surface area contributed by atoms with Crippen molar-refractivity contribution in [2.24, 2.45) is 0 Å². The molecule has 216 valence electrons. The van der Waals surface area contributed by atoms with Crippen LogP contribution in [-0.4, -0.2) is 133 Å². The maximum Gasteiger partial charge on any atom is 0.414 e. The number of hydrogen-bond donors (Lipinski definition) is 8. The van der Waals surface area contributed by atoms with E-state index in [1.165, 1.54) is 4.90 Å². The van der Waals surface area contributed by atoms with Gasteiger partial charge in [-0.1, -0.05) is 12.1 Å². The molecule has 16 heteroatoms. The lowest BCUT2D eigenvalue weighted by molar-refractivity contribution is -0.165. The number of amides is 1. The predicted octanol–water partition coefficient (Wildman–Crippen LogP) is -1.49. The van der Waals surface area contributed by atoms with Gasteiger partial charge in [0.1, 0.15) is 5.75 Å². The van der Waals surface area contributed by atoms with Crippen molar-refractivity contribution >= 4 is 30.0 Å². The molecular weight excluding hydrogens is 516 g/mol. The summed E-state index contributed by atoms with van der Waals surface area (Å²) in [4.78, 5) is 54.4. The fourth-order valence-electron chi connectivity index (χ4n) is 1.98. The van der Waals surface area contributed by atoms with Crippen molar-refractivity contribution in [1.82, 2.24) is 9.80 Å². The second-order valence-electron chi connectivity index (χ2n) is 7.73. The molecule has 0 bridgehead atoms. The number of carbonyl (C=O) groups is 5. The van der Waals surface area contributed by atoms with Crippen LogP contribution in [0.15, 0.2) is 24.3 Å². The molecule has 0 heterocycles. The number of carbonyl (C=O) groups excluding carboxylic acids is 1. The van der Waals surface area contributed by atoms with Gasteiger partial charge < -0.3 is 55.4 Å². The van der Waals surface area contributed by atoms with Crippen molar-refractivity contribution in [2.75, 3.05) is 27.7 Å². The number of aliphatic carboxylic acids is 4. The lowest BCUT2D eigenvalue weighted by Gasteiger charge is -2.21. The molecule has 4 unspecified atom stereocenters. The van der Waals surface area contributed by atoms with Gasteiger partial charge in [-0.05, 0) is 45.6 Å². The number of aliphatic hydroxyl groups excluding tert-OH is 4. The summed E-state index contributed by atoms with van der Waals surface area (Å²) in [6, 6.07) is 7.93. The average Bonchev–Trinajstić information content (AvgIpc) is 2.86. The van der Waals surface area contributed by atoms with Crippen molar-refractivity contribution in [3.8, 4) is 5.75 Å². The third kappa shape index (κ3) is 13.5. The van der Waals surface area contributed by atoms with E-state index in [0.717, 1.165) is 5.56 Å². The van der Waals surface area contributed by atoms with Crippen LogP contribution < -0.4 is 4.74 Å². The average molecular weight is 551 g/mol. The molecule has 1 aromatic rings. The summed E-state index contributed by atoms with van der Waals surface area (Å²) < 4.78 is 5.31. The third-order valence-corrected chi connectivity index (χ3v) is 4.72. The van der Waals surface area contributed by atoms with E-state index in [4.69, 9.17) is 45.6 Å². The normalized spacial score (nSPS) is 14.2. The van der Waals surface area contributed by atoms with E-state index in [1.54, 1.807) is 13.1 Å². The van der Waals surface area contributed by atoms with Crippen LogP contribution in [0.5, 0.6) is 5.75 Å². The maximum atomic E-state index is 11.7. The number of aliphatic hydroxyl groups is 4. The van der Waals surface area contributed by atoms with Crippen LogP contribution in [0, 0.1) is 0 Å². The zero-order valence-corrected chi connectivity index (χ0v) is 21.3. The van der Waals surface area contributed by atoms with Crippen molar-refractivity contribution in [2.45, 2.75) is 44.3 Å². The molecule has 0 saturated carbocycles. The number of nitrogens with zero attached hydrogens (tertiary/aromatic N) is 2. The van der Waals surface area contributed by atoms with E-state index >= 15 is 0 Å². The van der Waals surface area contributed by atoms with Gasteiger partial charge in [0.15, 0.2) is 24.4 Å². The number of rotatable bonds is 10. The minimum absolute atomic E-state index is 0.285. The van der Waals surface area contributed by atoms with Crippen LogP contribution >= 0.6 is 0 Å². The predicted molar refractivity (Wildman–Crippen MR) is 127 cm³/mol. The molecular formula is C22H34N2O14. The monoisotopic (exact) mass is 550 g/mol. The van der Waals surface area contributed by atoms with Gasteiger partial charge in [0.2, 0.25) is 0 Å². The van der Waals surface area contributed by atoms with Gasteiger partial charge in [0.05, 0.1) is 0 Å². The molecule has 0 radical (unpaired) electrons. The fourth-order valence-corrected chi connectivity index (χ4v) is 1.98. The van der Waals surface area contributed by atoms with Gasteiger partial charge >= 0.3 is 30.0 Å². The fraction of sp³-hybridized carbons (Fsp3) is 0.500. The minimum Gasteiger partial charge on any atom is -0.479 e. The minimum atomic E-state index is -2.27. The lowest BCUT2D eigenvalue weighted by atomic mass is 10.1. The molecule has 5 atom stereocenters. The quantitative estimate of drug-likeness (QED) is 0.165.